The van der Waals surface area contributed by atoms with E-state index in [-0.39, 0.29) is 6.10 Å². The minimum atomic E-state index is -0.233. The lowest BCUT2D eigenvalue weighted by Gasteiger charge is -2.13. The Balaban J connectivity index is 2.22. The highest BCUT2D eigenvalue weighted by atomic mass is 32.1. The third kappa shape index (κ3) is 4.36. The van der Waals surface area contributed by atoms with Gasteiger partial charge in [-0.05, 0) is 27.1 Å². The standard InChI is InChI=1S/C9H16N2OS/c1-11(2)4-3-8(12)5-9-6-10-7-13-9/h6-8,12H,3-5H2,1-2H3. The minimum absolute atomic E-state index is 0.233. The molecule has 0 aliphatic carbocycles. The van der Waals surface area contributed by atoms with E-state index in [4.69, 9.17) is 0 Å². The molecular weight excluding hydrogens is 184 g/mol. The zero-order valence-electron chi connectivity index (χ0n) is 8.10. The molecule has 74 valence electrons. The van der Waals surface area contributed by atoms with Gasteiger partial charge in [0.05, 0.1) is 11.6 Å². The summed E-state index contributed by atoms with van der Waals surface area (Å²) < 4.78 is 0. The van der Waals surface area contributed by atoms with E-state index in [1.165, 1.54) is 0 Å². The topological polar surface area (TPSA) is 36.4 Å². The molecule has 0 spiro atoms. The van der Waals surface area contributed by atoms with Crippen LogP contribution in [0.5, 0.6) is 0 Å². The molecule has 1 aromatic heterocycles. The van der Waals surface area contributed by atoms with Crippen molar-refractivity contribution in [3.8, 4) is 0 Å². The molecule has 0 bridgehead atoms. The van der Waals surface area contributed by atoms with Crippen molar-refractivity contribution in [3.05, 3.63) is 16.6 Å². The van der Waals surface area contributed by atoms with Crippen LogP contribution in [-0.2, 0) is 6.42 Å². The van der Waals surface area contributed by atoms with Crippen molar-refractivity contribution >= 4 is 11.3 Å². The van der Waals surface area contributed by atoms with E-state index in [0.717, 1.165) is 24.3 Å². The molecule has 1 rings (SSSR count). The molecule has 0 amide bonds. The van der Waals surface area contributed by atoms with Crippen molar-refractivity contribution in [2.24, 2.45) is 0 Å². The lowest BCUT2D eigenvalue weighted by molar-refractivity contribution is 0.153. The number of aliphatic hydroxyl groups is 1. The first-order chi connectivity index (χ1) is 6.18. The fourth-order valence-corrected chi connectivity index (χ4v) is 1.75. The van der Waals surface area contributed by atoms with Crippen LogP contribution in [0.1, 0.15) is 11.3 Å². The maximum atomic E-state index is 9.62. The zero-order valence-corrected chi connectivity index (χ0v) is 8.92. The molecule has 0 aliphatic rings. The van der Waals surface area contributed by atoms with Crippen LogP contribution in [0.4, 0.5) is 0 Å². The van der Waals surface area contributed by atoms with Gasteiger partial charge in [0.1, 0.15) is 0 Å². The van der Waals surface area contributed by atoms with Gasteiger partial charge in [-0.15, -0.1) is 11.3 Å². The van der Waals surface area contributed by atoms with Crippen LogP contribution in [0.3, 0.4) is 0 Å². The van der Waals surface area contributed by atoms with Crippen LogP contribution in [-0.4, -0.2) is 41.7 Å². The van der Waals surface area contributed by atoms with Crippen LogP contribution in [0.15, 0.2) is 11.7 Å². The molecule has 13 heavy (non-hydrogen) atoms. The van der Waals surface area contributed by atoms with Gasteiger partial charge >= 0.3 is 0 Å². The van der Waals surface area contributed by atoms with Gasteiger partial charge in [-0.1, -0.05) is 0 Å². The van der Waals surface area contributed by atoms with Gasteiger partial charge in [-0.2, -0.15) is 0 Å². The van der Waals surface area contributed by atoms with Crippen LogP contribution < -0.4 is 0 Å². The first kappa shape index (κ1) is 10.6. The summed E-state index contributed by atoms with van der Waals surface area (Å²) in [6, 6.07) is 0. The average molecular weight is 200 g/mol. The molecule has 3 nitrogen and oxygen atoms in total. The highest BCUT2D eigenvalue weighted by Gasteiger charge is 2.06. The summed E-state index contributed by atoms with van der Waals surface area (Å²) in [6.45, 7) is 0.931. The molecule has 4 heteroatoms. The van der Waals surface area contributed by atoms with E-state index in [1.54, 1.807) is 16.8 Å². The van der Waals surface area contributed by atoms with E-state index >= 15 is 0 Å². The minimum Gasteiger partial charge on any atom is -0.393 e. The number of aliphatic hydroxyl groups excluding tert-OH is 1. The molecule has 0 saturated heterocycles. The van der Waals surface area contributed by atoms with Crippen molar-refractivity contribution in [1.29, 1.82) is 0 Å². The van der Waals surface area contributed by atoms with E-state index in [0.29, 0.717) is 0 Å². The number of thiazole rings is 1. The number of aromatic nitrogens is 1. The Hall–Kier alpha value is -0.450. The first-order valence-corrected chi connectivity index (χ1v) is 5.26. The highest BCUT2D eigenvalue weighted by Crippen LogP contribution is 2.10. The molecule has 0 fully saturated rings. The average Bonchev–Trinajstić information content (AvgIpc) is 2.53. The predicted molar refractivity (Wildman–Crippen MR) is 55.0 cm³/mol. The zero-order chi connectivity index (χ0) is 9.68. The van der Waals surface area contributed by atoms with Gasteiger partial charge in [0, 0.05) is 17.5 Å². The second-order valence-electron chi connectivity index (χ2n) is 3.42. The third-order valence-electron chi connectivity index (χ3n) is 1.83. The van der Waals surface area contributed by atoms with Gasteiger partial charge in [-0.3, -0.25) is 4.98 Å². The summed E-state index contributed by atoms with van der Waals surface area (Å²) in [5.74, 6) is 0. The second-order valence-corrected chi connectivity index (χ2v) is 4.39. The van der Waals surface area contributed by atoms with E-state index in [2.05, 4.69) is 9.88 Å². The third-order valence-corrected chi connectivity index (χ3v) is 2.63. The summed E-state index contributed by atoms with van der Waals surface area (Å²) >= 11 is 1.60. The van der Waals surface area contributed by atoms with Gasteiger partial charge in [-0.25, -0.2) is 0 Å². The smallest absolute Gasteiger partial charge is 0.0794 e. The first-order valence-electron chi connectivity index (χ1n) is 4.38. The van der Waals surface area contributed by atoms with Crippen LogP contribution >= 0.6 is 11.3 Å². The largest absolute Gasteiger partial charge is 0.393 e. The quantitative estimate of drug-likeness (QED) is 0.770. The van der Waals surface area contributed by atoms with Gasteiger partial charge < -0.3 is 10.0 Å². The van der Waals surface area contributed by atoms with E-state index in [1.807, 2.05) is 20.3 Å². The predicted octanol–water partition coefficient (Wildman–Crippen LogP) is 0.998. The lowest BCUT2D eigenvalue weighted by Crippen LogP contribution is -2.20. The summed E-state index contributed by atoms with van der Waals surface area (Å²) in [6.07, 6.45) is 3.15. The van der Waals surface area contributed by atoms with Crippen molar-refractivity contribution in [3.63, 3.8) is 0 Å². The fourth-order valence-electron chi connectivity index (χ4n) is 1.08. The lowest BCUT2D eigenvalue weighted by atomic mass is 10.1. The van der Waals surface area contributed by atoms with Crippen molar-refractivity contribution < 1.29 is 5.11 Å². The Bertz CT molecular complexity index is 224. The Kier molecular flexibility index (Phi) is 4.35. The molecular formula is C9H16N2OS. The normalized spacial score (nSPS) is 13.5. The van der Waals surface area contributed by atoms with Crippen LogP contribution in [0.25, 0.3) is 0 Å². The SMILES string of the molecule is CN(C)CCC(O)Cc1cncs1. The van der Waals surface area contributed by atoms with E-state index in [9.17, 15) is 5.11 Å². The molecule has 0 saturated carbocycles. The van der Waals surface area contributed by atoms with Gasteiger partial charge in [0.25, 0.3) is 0 Å². The molecule has 1 N–H and O–H groups in total. The Morgan fingerprint density at radius 3 is 2.92 bits per heavy atom. The molecule has 1 atom stereocenters. The maximum absolute atomic E-state index is 9.62. The molecule has 1 unspecified atom stereocenters. The fraction of sp³-hybridized carbons (Fsp3) is 0.667. The number of nitrogens with zero attached hydrogens (tertiary/aromatic N) is 2. The number of rotatable bonds is 5. The van der Waals surface area contributed by atoms with Crippen molar-refractivity contribution in [1.82, 2.24) is 9.88 Å². The van der Waals surface area contributed by atoms with Crippen LogP contribution in [0, 0.1) is 0 Å². The Labute approximate surface area is 83.0 Å². The molecule has 0 aromatic carbocycles. The Morgan fingerprint density at radius 2 is 2.38 bits per heavy atom. The highest BCUT2D eigenvalue weighted by molar-refractivity contribution is 7.09. The van der Waals surface area contributed by atoms with E-state index < -0.39 is 0 Å². The monoisotopic (exact) mass is 200 g/mol. The summed E-state index contributed by atoms with van der Waals surface area (Å²) in [4.78, 5) is 7.21. The van der Waals surface area contributed by atoms with Crippen molar-refractivity contribution in [2.75, 3.05) is 20.6 Å². The molecule has 1 aromatic rings. The molecule has 0 radical (unpaired) electrons. The summed E-state index contributed by atoms with van der Waals surface area (Å²) in [5, 5.41) is 9.62. The van der Waals surface area contributed by atoms with Crippen LogP contribution in [0.2, 0.25) is 0 Å². The van der Waals surface area contributed by atoms with Gasteiger partial charge in [0.15, 0.2) is 0 Å². The van der Waals surface area contributed by atoms with Gasteiger partial charge in [0.2, 0.25) is 0 Å². The molecule has 0 aliphatic heterocycles. The number of hydrogen-bond donors (Lipinski definition) is 1. The maximum Gasteiger partial charge on any atom is 0.0794 e. The summed E-state index contributed by atoms with van der Waals surface area (Å²) in [7, 11) is 4.03. The van der Waals surface area contributed by atoms with Crippen molar-refractivity contribution in [2.45, 2.75) is 18.9 Å². The second kappa shape index (κ2) is 5.32. The molecule has 1 heterocycles. The Morgan fingerprint density at radius 1 is 1.62 bits per heavy atom. The summed E-state index contributed by atoms with van der Waals surface area (Å²) in [5.41, 5.74) is 1.80. The number of hydrogen-bond acceptors (Lipinski definition) is 4.